The van der Waals surface area contributed by atoms with Gasteiger partial charge in [0.15, 0.2) is 0 Å². The van der Waals surface area contributed by atoms with Gasteiger partial charge in [-0.2, -0.15) is 0 Å². The molecule has 1 atom stereocenters. The fourth-order valence-corrected chi connectivity index (χ4v) is 2.61. The van der Waals surface area contributed by atoms with Crippen molar-refractivity contribution in [1.29, 1.82) is 0 Å². The number of benzene rings is 1. The fraction of sp³-hybridized carbons (Fsp3) is 0.357. The summed E-state index contributed by atoms with van der Waals surface area (Å²) >= 11 is 3.57. The smallest absolute Gasteiger partial charge is 0.112 e. The number of hydrogen-bond acceptors (Lipinski definition) is 3. The third-order valence-electron chi connectivity index (χ3n) is 3.36. The molecule has 1 N–H and O–H groups in total. The van der Waals surface area contributed by atoms with Crippen molar-refractivity contribution < 1.29 is 4.74 Å². The molecule has 0 bridgehead atoms. The molecular formula is C14H16BrN3O. The summed E-state index contributed by atoms with van der Waals surface area (Å²) in [4.78, 5) is 4.27. The second kappa shape index (κ2) is 5.45. The first-order valence-corrected chi connectivity index (χ1v) is 7.16. The maximum absolute atomic E-state index is 5.80. The van der Waals surface area contributed by atoms with Crippen molar-refractivity contribution in [3.8, 4) is 5.69 Å². The monoisotopic (exact) mass is 321 g/mol. The zero-order valence-corrected chi connectivity index (χ0v) is 12.4. The van der Waals surface area contributed by atoms with Gasteiger partial charge >= 0.3 is 0 Å². The molecule has 0 aliphatic carbocycles. The Balaban J connectivity index is 1.96. The predicted octanol–water partition coefficient (Wildman–Crippen LogP) is 2.60. The van der Waals surface area contributed by atoms with Gasteiger partial charge in [-0.3, -0.25) is 0 Å². The van der Waals surface area contributed by atoms with Crippen LogP contribution in [-0.2, 0) is 4.74 Å². The number of morpholine rings is 1. The molecule has 5 heteroatoms. The van der Waals surface area contributed by atoms with Crippen LogP contribution in [0.25, 0.3) is 5.69 Å². The van der Waals surface area contributed by atoms with E-state index in [1.54, 1.807) is 0 Å². The molecule has 1 unspecified atom stereocenters. The molecule has 4 nitrogen and oxygen atoms in total. The van der Waals surface area contributed by atoms with Crippen molar-refractivity contribution in [3.63, 3.8) is 0 Å². The zero-order valence-electron chi connectivity index (χ0n) is 10.8. The molecule has 0 spiro atoms. The normalized spacial score (nSPS) is 19.6. The molecule has 100 valence electrons. The Hall–Kier alpha value is -1.17. The molecule has 3 rings (SSSR count). The summed E-state index contributed by atoms with van der Waals surface area (Å²) in [6, 6.07) is 6.31. The van der Waals surface area contributed by atoms with Gasteiger partial charge in [0.25, 0.3) is 0 Å². The Bertz CT molecular complexity index is 576. The summed E-state index contributed by atoms with van der Waals surface area (Å²) in [6.07, 6.45) is 3.78. The highest BCUT2D eigenvalue weighted by molar-refractivity contribution is 9.10. The Morgan fingerprint density at radius 3 is 3.11 bits per heavy atom. The number of nitrogens with one attached hydrogen (secondary N) is 1. The Morgan fingerprint density at radius 1 is 1.47 bits per heavy atom. The van der Waals surface area contributed by atoms with Crippen molar-refractivity contribution in [2.24, 2.45) is 0 Å². The molecular weight excluding hydrogens is 306 g/mol. The summed E-state index contributed by atoms with van der Waals surface area (Å²) in [7, 11) is 0. The maximum atomic E-state index is 5.80. The molecule has 1 aromatic carbocycles. The highest BCUT2D eigenvalue weighted by Crippen LogP contribution is 2.25. The zero-order chi connectivity index (χ0) is 13.2. The lowest BCUT2D eigenvalue weighted by Crippen LogP contribution is -2.34. The molecule has 1 aliphatic rings. The van der Waals surface area contributed by atoms with E-state index < -0.39 is 0 Å². The molecule has 0 saturated carbocycles. The van der Waals surface area contributed by atoms with Gasteiger partial charge in [0.2, 0.25) is 0 Å². The first kappa shape index (κ1) is 12.8. The van der Waals surface area contributed by atoms with Crippen LogP contribution in [0.3, 0.4) is 0 Å². The molecule has 2 heterocycles. The van der Waals surface area contributed by atoms with Gasteiger partial charge in [-0.05, 0) is 24.6 Å². The number of hydrogen-bond donors (Lipinski definition) is 1. The van der Waals surface area contributed by atoms with Crippen molar-refractivity contribution in [2.45, 2.75) is 13.0 Å². The minimum absolute atomic E-state index is 0.0660. The van der Waals surface area contributed by atoms with Gasteiger partial charge in [0.1, 0.15) is 6.10 Å². The second-order valence-electron chi connectivity index (χ2n) is 4.69. The van der Waals surface area contributed by atoms with Gasteiger partial charge in [-0.15, -0.1) is 0 Å². The number of aromatic nitrogens is 2. The molecule has 1 saturated heterocycles. The van der Waals surface area contributed by atoms with Gasteiger partial charge < -0.3 is 14.6 Å². The van der Waals surface area contributed by atoms with Gasteiger partial charge in [-0.25, -0.2) is 4.98 Å². The quantitative estimate of drug-likeness (QED) is 0.924. The fourth-order valence-electron chi connectivity index (χ4n) is 2.25. The molecule has 1 fully saturated rings. The standard InChI is InChI=1S/C14H16BrN3O/c1-10-2-3-11(6-12(10)15)18-9-17-7-13(18)14-8-16-4-5-19-14/h2-3,6-7,9,14,16H,4-5,8H2,1H3. The molecule has 1 aliphatic heterocycles. The van der Waals surface area contributed by atoms with Gasteiger partial charge in [0.05, 0.1) is 24.8 Å². The van der Waals surface area contributed by atoms with Gasteiger partial charge in [-0.1, -0.05) is 22.0 Å². The highest BCUT2D eigenvalue weighted by Gasteiger charge is 2.20. The topological polar surface area (TPSA) is 39.1 Å². The lowest BCUT2D eigenvalue weighted by molar-refractivity contribution is 0.0240. The van der Waals surface area contributed by atoms with Crippen LogP contribution in [0.15, 0.2) is 35.2 Å². The first-order valence-electron chi connectivity index (χ1n) is 6.37. The van der Waals surface area contributed by atoms with Crippen molar-refractivity contribution in [3.05, 3.63) is 46.5 Å². The molecule has 1 aromatic heterocycles. The lowest BCUT2D eigenvalue weighted by atomic mass is 10.2. The van der Waals surface area contributed by atoms with E-state index in [1.807, 2.05) is 12.5 Å². The van der Waals surface area contributed by atoms with E-state index in [9.17, 15) is 0 Å². The minimum Gasteiger partial charge on any atom is -0.369 e. The largest absolute Gasteiger partial charge is 0.369 e. The van der Waals surface area contributed by atoms with Crippen LogP contribution >= 0.6 is 15.9 Å². The van der Waals surface area contributed by atoms with E-state index >= 15 is 0 Å². The van der Waals surface area contributed by atoms with E-state index in [0.717, 1.165) is 35.6 Å². The lowest BCUT2D eigenvalue weighted by Gasteiger charge is -2.24. The first-order chi connectivity index (χ1) is 9.25. The molecule has 19 heavy (non-hydrogen) atoms. The summed E-state index contributed by atoms with van der Waals surface area (Å²) in [6.45, 7) is 4.57. The number of rotatable bonds is 2. The predicted molar refractivity (Wildman–Crippen MR) is 77.6 cm³/mol. The summed E-state index contributed by atoms with van der Waals surface area (Å²) in [5, 5.41) is 3.35. The minimum atomic E-state index is 0.0660. The SMILES string of the molecule is Cc1ccc(-n2cncc2C2CNCCO2)cc1Br. The van der Waals surface area contributed by atoms with E-state index in [0.29, 0.717) is 0 Å². The number of nitrogens with zero attached hydrogens (tertiary/aromatic N) is 2. The second-order valence-corrected chi connectivity index (χ2v) is 5.54. The third kappa shape index (κ3) is 2.59. The van der Waals surface area contributed by atoms with Crippen molar-refractivity contribution in [1.82, 2.24) is 14.9 Å². The van der Waals surface area contributed by atoms with E-state index in [4.69, 9.17) is 4.74 Å². The Kier molecular flexibility index (Phi) is 3.68. The summed E-state index contributed by atoms with van der Waals surface area (Å²) in [5.74, 6) is 0. The summed E-state index contributed by atoms with van der Waals surface area (Å²) in [5.41, 5.74) is 3.41. The van der Waals surface area contributed by atoms with E-state index in [-0.39, 0.29) is 6.10 Å². The number of halogens is 1. The van der Waals surface area contributed by atoms with Crippen LogP contribution in [0.4, 0.5) is 0 Å². The van der Waals surface area contributed by atoms with Crippen molar-refractivity contribution >= 4 is 15.9 Å². The van der Waals surface area contributed by atoms with Crippen LogP contribution in [0.5, 0.6) is 0 Å². The van der Waals surface area contributed by atoms with Crippen LogP contribution in [0, 0.1) is 6.92 Å². The Morgan fingerprint density at radius 2 is 2.37 bits per heavy atom. The molecule has 0 amide bonds. The van der Waals surface area contributed by atoms with Crippen LogP contribution in [0.2, 0.25) is 0 Å². The van der Waals surface area contributed by atoms with Crippen LogP contribution < -0.4 is 5.32 Å². The third-order valence-corrected chi connectivity index (χ3v) is 4.21. The van der Waals surface area contributed by atoms with E-state index in [1.165, 1.54) is 5.56 Å². The number of imidazole rings is 1. The maximum Gasteiger partial charge on any atom is 0.112 e. The van der Waals surface area contributed by atoms with Crippen LogP contribution in [0.1, 0.15) is 17.4 Å². The average Bonchev–Trinajstić information content (AvgIpc) is 2.92. The van der Waals surface area contributed by atoms with Crippen molar-refractivity contribution in [2.75, 3.05) is 19.7 Å². The Labute approximate surface area is 120 Å². The summed E-state index contributed by atoms with van der Waals surface area (Å²) < 4.78 is 8.99. The average molecular weight is 322 g/mol. The molecule has 2 aromatic rings. The van der Waals surface area contributed by atoms with E-state index in [2.05, 4.69) is 55.9 Å². The molecule has 0 radical (unpaired) electrons. The van der Waals surface area contributed by atoms with Crippen LogP contribution in [-0.4, -0.2) is 29.2 Å². The highest BCUT2D eigenvalue weighted by atomic mass is 79.9. The number of ether oxygens (including phenoxy) is 1. The van der Waals surface area contributed by atoms with Gasteiger partial charge in [0, 0.05) is 23.2 Å². The number of aryl methyl sites for hydroxylation is 1.